The van der Waals surface area contributed by atoms with Crippen molar-refractivity contribution in [3.8, 4) is 5.75 Å². The Bertz CT molecular complexity index is 795. The number of rotatable bonds is 7. The van der Waals surface area contributed by atoms with Crippen molar-refractivity contribution in [2.24, 2.45) is 11.8 Å². The summed E-state index contributed by atoms with van der Waals surface area (Å²) in [6, 6.07) is 5.41. The van der Waals surface area contributed by atoms with Gasteiger partial charge in [0.05, 0.1) is 17.7 Å². The van der Waals surface area contributed by atoms with Crippen molar-refractivity contribution >= 4 is 0 Å². The zero-order valence-corrected chi connectivity index (χ0v) is 18.2. The van der Waals surface area contributed by atoms with Crippen LogP contribution in [0.25, 0.3) is 0 Å². The maximum Gasteiger partial charge on any atom is 0.343 e. The monoisotopic (exact) mass is 400 g/mol. The highest BCUT2D eigenvalue weighted by Crippen LogP contribution is 2.48. The molecule has 2 unspecified atom stereocenters. The minimum Gasteiger partial charge on any atom is -0.507 e. The molecule has 4 nitrogen and oxygen atoms in total. The van der Waals surface area contributed by atoms with Gasteiger partial charge in [0.25, 0.3) is 0 Å². The molecule has 29 heavy (non-hydrogen) atoms. The quantitative estimate of drug-likeness (QED) is 0.545. The second-order valence-electron chi connectivity index (χ2n) is 8.41. The van der Waals surface area contributed by atoms with Crippen LogP contribution in [0, 0.1) is 11.8 Å². The van der Waals surface area contributed by atoms with Crippen LogP contribution in [-0.2, 0) is 0 Å². The van der Waals surface area contributed by atoms with Crippen molar-refractivity contribution in [1.82, 2.24) is 0 Å². The zero-order valence-electron chi connectivity index (χ0n) is 18.2. The molecule has 0 aromatic carbocycles. The normalized spacial score (nSPS) is 19.3. The van der Waals surface area contributed by atoms with Gasteiger partial charge in [-0.3, -0.25) is 0 Å². The molecular weight excluding hydrogens is 364 g/mol. The third-order valence-electron chi connectivity index (χ3n) is 6.48. The molecule has 0 saturated heterocycles. The summed E-state index contributed by atoms with van der Waals surface area (Å²) in [5.41, 5.74) is -0.0379. The van der Waals surface area contributed by atoms with Crippen LogP contribution in [0.2, 0.25) is 0 Å². The van der Waals surface area contributed by atoms with Gasteiger partial charge in [0, 0.05) is 12.0 Å². The largest absolute Gasteiger partial charge is 0.507 e. The van der Waals surface area contributed by atoms with Crippen molar-refractivity contribution in [3.63, 3.8) is 0 Å². The molecule has 2 atom stereocenters. The molecule has 2 heterocycles. The first-order valence-corrected chi connectivity index (χ1v) is 11.6. The second-order valence-corrected chi connectivity index (χ2v) is 8.41. The van der Waals surface area contributed by atoms with Crippen LogP contribution >= 0.6 is 0 Å². The van der Waals surface area contributed by atoms with E-state index in [1.54, 1.807) is 12.3 Å². The highest BCUT2D eigenvalue weighted by molar-refractivity contribution is 5.39. The summed E-state index contributed by atoms with van der Waals surface area (Å²) in [5, 5.41) is 10.8. The van der Waals surface area contributed by atoms with E-state index in [2.05, 4.69) is 6.92 Å². The van der Waals surface area contributed by atoms with Gasteiger partial charge in [-0.15, -0.1) is 0 Å². The molecule has 2 aromatic rings. The maximum atomic E-state index is 12.9. The number of furan rings is 1. The van der Waals surface area contributed by atoms with E-state index in [4.69, 9.17) is 8.83 Å². The number of aromatic hydroxyl groups is 1. The van der Waals surface area contributed by atoms with Crippen molar-refractivity contribution in [2.45, 2.75) is 90.4 Å². The maximum absolute atomic E-state index is 12.9. The van der Waals surface area contributed by atoms with Gasteiger partial charge in [-0.25, -0.2) is 4.79 Å². The SMILES string of the molecule is CC.CCC(CC1CCCCC1)c1cc(O)c(C(c2ccco2)C2CC2)c(=O)o1. The topological polar surface area (TPSA) is 63.6 Å². The Hall–Kier alpha value is -1.97. The van der Waals surface area contributed by atoms with Gasteiger partial charge in [-0.05, 0) is 49.7 Å². The molecular formula is C25H36O4. The molecule has 4 heteroatoms. The standard InChI is InChI=1S/C23H30O4.C2H6/c1-2-16(13-15-7-4-3-5-8-15)20-14-18(24)22(23(25)27-20)21(17-10-11-17)19-9-6-12-26-19;1-2/h6,9,12,14-17,21,24H,2-5,7-8,10-11,13H2,1H3;1-2H3. The van der Waals surface area contributed by atoms with Gasteiger partial charge < -0.3 is 13.9 Å². The van der Waals surface area contributed by atoms with Gasteiger partial charge >= 0.3 is 5.63 Å². The first kappa shape index (κ1) is 21.7. The Labute approximate surface area is 174 Å². The zero-order chi connectivity index (χ0) is 20.8. The van der Waals surface area contributed by atoms with Crippen LogP contribution in [-0.4, -0.2) is 5.11 Å². The summed E-state index contributed by atoms with van der Waals surface area (Å²) < 4.78 is 11.4. The summed E-state index contributed by atoms with van der Waals surface area (Å²) in [6.07, 6.45) is 12.2. The lowest BCUT2D eigenvalue weighted by atomic mass is 9.81. The van der Waals surface area contributed by atoms with E-state index >= 15 is 0 Å². The molecule has 160 valence electrons. The van der Waals surface area contributed by atoms with Crippen LogP contribution in [0.3, 0.4) is 0 Å². The summed E-state index contributed by atoms with van der Waals surface area (Å²) in [7, 11) is 0. The van der Waals surface area contributed by atoms with E-state index in [1.165, 1.54) is 32.1 Å². The molecule has 2 aromatic heterocycles. The molecule has 4 rings (SSSR count). The van der Waals surface area contributed by atoms with Crippen molar-refractivity contribution in [1.29, 1.82) is 0 Å². The molecule has 1 N–H and O–H groups in total. The van der Waals surface area contributed by atoms with E-state index in [0.717, 1.165) is 31.4 Å². The molecule has 0 bridgehead atoms. The Morgan fingerprint density at radius 1 is 1.10 bits per heavy atom. The van der Waals surface area contributed by atoms with Crippen molar-refractivity contribution < 1.29 is 13.9 Å². The highest BCUT2D eigenvalue weighted by Gasteiger charge is 2.39. The van der Waals surface area contributed by atoms with Gasteiger partial charge in [0.1, 0.15) is 17.3 Å². The first-order chi connectivity index (χ1) is 14.2. The summed E-state index contributed by atoms with van der Waals surface area (Å²) >= 11 is 0. The minimum atomic E-state index is -0.402. The predicted molar refractivity (Wildman–Crippen MR) is 115 cm³/mol. The number of hydrogen-bond donors (Lipinski definition) is 1. The third-order valence-corrected chi connectivity index (χ3v) is 6.48. The van der Waals surface area contributed by atoms with Crippen LogP contribution in [0.15, 0.2) is 38.1 Å². The average molecular weight is 401 g/mol. The molecule has 2 aliphatic carbocycles. The predicted octanol–water partition coefficient (Wildman–Crippen LogP) is 6.97. The van der Waals surface area contributed by atoms with Crippen molar-refractivity contribution in [3.05, 3.63) is 52.0 Å². The summed E-state index contributed by atoms with van der Waals surface area (Å²) in [6.45, 7) is 6.13. The smallest absolute Gasteiger partial charge is 0.343 e. The Balaban J connectivity index is 0.00000117. The van der Waals surface area contributed by atoms with E-state index < -0.39 is 5.63 Å². The van der Waals surface area contributed by atoms with E-state index in [0.29, 0.717) is 23.2 Å². The molecule has 2 aliphatic rings. The Morgan fingerprint density at radius 2 is 1.83 bits per heavy atom. The average Bonchev–Trinajstić information content (AvgIpc) is 3.44. The fraction of sp³-hybridized carbons (Fsp3) is 0.640. The van der Waals surface area contributed by atoms with Gasteiger partial charge in [0.2, 0.25) is 0 Å². The van der Waals surface area contributed by atoms with Gasteiger partial charge in [-0.1, -0.05) is 52.9 Å². The van der Waals surface area contributed by atoms with Gasteiger partial charge in [-0.2, -0.15) is 0 Å². The Kier molecular flexibility index (Phi) is 7.63. The molecule has 2 saturated carbocycles. The molecule has 0 radical (unpaired) electrons. The third kappa shape index (κ3) is 5.15. The lowest BCUT2D eigenvalue weighted by Gasteiger charge is -2.25. The minimum absolute atomic E-state index is 0.0663. The molecule has 0 amide bonds. The second kappa shape index (κ2) is 10.2. The van der Waals surface area contributed by atoms with Crippen LogP contribution < -0.4 is 5.63 Å². The molecule has 0 aliphatic heterocycles. The molecule has 2 fully saturated rings. The fourth-order valence-corrected chi connectivity index (χ4v) is 4.81. The fourth-order valence-electron chi connectivity index (χ4n) is 4.81. The van der Waals surface area contributed by atoms with Gasteiger partial charge in [0.15, 0.2) is 0 Å². The summed E-state index contributed by atoms with van der Waals surface area (Å²) in [4.78, 5) is 12.9. The van der Waals surface area contributed by atoms with Crippen molar-refractivity contribution in [2.75, 3.05) is 0 Å². The molecule has 0 spiro atoms. The van der Waals surface area contributed by atoms with E-state index in [9.17, 15) is 9.90 Å². The number of hydrogen-bond acceptors (Lipinski definition) is 4. The lowest BCUT2D eigenvalue weighted by Crippen LogP contribution is -2.18. The first-order valence-electron chi connectivity index (χ1n) is 11.6. The van der Waals surface area contributed by atoms with E-state index in [1.807, 2.05) is 26.0 Å². The van der Waals surface area contributed by atoms with Crippen LogP contribution in [0.5, 0.6) is 5.75 Å². The van der Waals surface area contributed by atoms with Crippen LogP contribution in [0.1, 0.15) is 107 Å². The highest BCUT2D eigenvalue weighted by atomic mass is 16.4. The lowest BCUT2D eigenvalue weighted by molar-refractivity contribution is 0.289. The van der Waals surface area contributed by atoms with Crippen LogP contribution in [0.4, 0.5) is 0 Å². The summed E-state index contributed by atoms with van der Waals surface area (Å²) in [5.74, 6) is 2.49. The Morgan fingerprint density at radius 3 is 2.38 bits per heavy atom. The van der Waals surface area contributed by atoms with E-state index in [-0.39, 0.29) is 17.6 Å².